The number of anilines is 1. The van der Waals surface area contributed by atoms with Crippen LogP contribution in [0.15, 0.2) is 35.8 Å². The fraction of sp³-hybridized carbons (Fsp3) is 0.231. The third-order valence-electron chi connectivity index (χ3n) is 2.61. The van der Waals surface area contributed by atoms with Crippen LogP contribution in [-0.4, -0.2) is 17.9 Å². The number of nitrogens with zero attached hydrogens (tertiary/aromatic N) is 1. The van der Waals surface area contributed by atoms with E-state index in [1.165, 1.54) is 0 Å². The van der Waals surface area contributed by atoms with E-state index in [4.69, 9.17) is 0 Å². The van der Waals surface area contributed by atoms with E-state index in [2.05, 4.69) is 15.6 Å². The first-order valence-corrected chi connectivity index (χ1v) is 6.57. The van der Waals surface area contributed by atoms with Gasteiger partial charge in [-0.1, -0.05) is 6.07 Å². The molecule has 0 fully saturated rings. The van der Waals surface area contributed by atoms with Crippen molar-refractivity contribution in [3.63, 3.8) is 0 Å². The molecule has 0 aromatic carbocycles. The normalized spacial score (nSPS) is 11.9. The van der Waals surface area contributed by atoms with Crippen molar-refractivity contribution in [2.24, 2.45) is 0 Å². The summed E-state index contributed by atoms with van der Waals surface area (Å²) in [4.78, 5) is 17.4. The van der Waals surface area contributed by atoms with Crippen LogP contribution in [0.3, 0.4) is 0 Å². The molecule has 1 unspecified atom stereocenters. The molecule has 1 atom stereocenters. The third kappa shape index (κ3) is 2.68. The Morgan fingerprint density at radius 1 is 1.39 bits per heavy atom. The summed E-state index contributed by atoms with van der Waals surface area (Å²) in [6, 6.07) is 7.51. The lowest BCUT2D eigenvalue weighted by Crippen LogP contribution is -2.27. The van der Waals surface area contributed by atoms with E-state index in [0.29, 0.717) is 11.4 Å². The first-order chi connectivity index (χ1) is 8.72. The molecule has 18 heavy (non-hydrogen) atoms. The average Bonchev–Trinajstić information content (AvgIpc) is 2.92. The van der Waals surface area contributed by atoms with E-state index in [0.717, 1.165) is 4.88 Å². The number of nitrogens with one attached hydrogen (secondary N) is 2. The molecule has 0 aliphatic rings. The number of pyridine rings is 1. The summed E-state index contributed by atoms with van der Waals surface area (Å²) in [6.45, 7) is 1.97. The smallest absolute Gasteiger partial charge is 0.255 e. The highest BCUT2D eigenvalue weighted by molar-refractivity contribution is 7.10. The standard InChI is InChI=1S/C13H15N3OS/c1-9(11-6-4-8-18-11)16-13(17)10-5-3-7-15-12(10)14-2/h3-9H,1-2H3,(H,14,15)(H,16,17). The van der Waals surface area contributed by atoms with Gasteiger partial charge in [0, 0.05) is 18.1 Å². The van der Waals surface area contributed by atoms with Crippen molar-refractivity contribution in [3.05, 3.63) is 46.3 Å². The lowest BCUT2D eigenvalue weighted by Gasteiger charge is -2.13. The summed E-state index contributed by atoms with van der Waals surface area (Å²) in [6.07, 6.45) is 1.66. The number of hydrogen-bond donors (Lipinski definition) is 2. The summed E-state index contributed by atoms with van der Waals surface area (Å²) < 4.78 is 0. The van der Waals surface area contributed by atoms with Crippen molar-refractivity contribution in [2.75, 3.05) is 12.4 Å². The predicted octanol–water partition coefficient (Wildman–Crippen LogP) is 2.68. The molecule has 2 rings (SSSR count). The predicted molar refractivity (Wildman–Crippen MR) is 74.0 cm³/mol. The molecule has 0 saturated heterocycles. The second-order valence-corrected chi connectivity index (χ2v) is 4.84. The van der Waals surface area contributed by atoms with E-state index in [-0.39, 0.29) is 11.9 Å². The fourth-order valence-corrected chi connectivity index (χ4v) is 2.41. The van der Waals surface area contributed by atoms with Crippen LogP contribution >= 0.6 is 11.3 Å². The molecule has 1 amide bonds. The molecule has 0 aliphatic heterocycles. The van der Waals surface area contributed by atoms with Crippen LogP contribution in [0.25, 0.3) is 0 Å². The number of carbonyl (C=O) groups excluding carboxylic acids is 1. The summed E-state index contributed by atoms with van der Waals surface area (Å²) in [7, 11) is 1.75. The summed E-state index contributed by atoms with van der Waals surface area (Å²) in [5.74, 6) is 0.474. The van der Waals surface area contributed by atoms with E-state index >= 15 is 0 Å². The Morgan fingerprint density at radius 2 is 2.22 bits per heavy atom. The minimum atomic E-state index is -0.117. The Balaban J connectivity index is 2.12. The maximum atomic E-state index is 12.1. The van der Waals surface area contributed by atoms with Gasteiger partial charge < -0.3 is 10.6 Å². The van der Waals surface area contributed by atoms with Gasteiger partial charge in [-0.05, 0) is 30.5 Å². The molecule has 2 heterocycles. The van der Waals surface area contributed by atoms with Crippen LogP contribution in [0.1, 0.15) is 28.2 Å². The minimum Gasteiger partial charge on any atom is -0.372 e. The minimum absolute atomic E-state index is 0.00223. The van der Waals surface area contributed by atoms with E-state index < -0.39 is 0 Å². The van der Waals surface area contributed by atoms with Gasteiger partial charge in [-0.15, -0.1) is 11.3 Å². The van der Waals surface area contributed by atoms with Crippen molar-refractivity contribution < 1.29 is 4.79 Å². The van der Waals surface area contributed by atoms with Crippen molar-refractivity contribution in [2.45, 2.75) is 13.0 Å². The van der Waals surface area contributed by atoms with Crippen molar-refractivity contribution in [1.82, 2.24) is 10.3 Å². The summed E-state index contributed by atoms with van der Waals surface area (Å²) in [5.41, 5.74) is 0.559. The lowest BCUT2D eigenvalue weighted by atomic mass is 10.2. The monoisotopic (exact) mass is 261 g/mol. The molecule has 0 bridgehead atoms. The topological polar surface area (TPSA) is 54.0 Å². The van der Waals surface area contributed by atoms with Crippen molar-refractivity contribution in [3.8, 4) is 0 Å². The van der Waals surface area contributed by atoms with Crippen LogP contribution in [0.2, 0.25) is 0 Å². The number of thiophene rings is 1. The molecule has 2 aromatic heterocycles. The Labute approximate surface area is 110 Å². The number of rotatable bonds is 4. The van der Waals surface area contributed by atoms with Crippen LogP contribution in [0.4, 0.5) is 5.82 Å². The number of aromatic nitrogens is 1. The second-order valence-electron chi connectivity index (χ2n) is 3.86. The van der Waals surface area contributed by atoms with Crippen molar-refractivity contribution >= 4 is 23.1 Å². The Hall–Kier alpha value is -1.88. The van der Waals surface area contributed by atoms with Gasteiger partial charge in [-0.2, -0.15) is 0 Å². The molecule has 2 N–H and O–H groups in total. The second kappa shape index (κ2) is 5.64. The fourth-order valence-electron chi connectivity index (χ4n) is 1.67. The average molecular weight is 261 g/mol. The first-order valence-electron chi connectivity index (χ1n) is 5.69. The maximum Gasteiger partial charge on any atom is 0.255 e. The van der Waals surface area contributed by atoms with Crippen LogP contribution in [-0.2, 0) is 0 Å². The maximum absolute atomic E-state index is 12.1. The third-order valence-corrected chi connectivity index (χ3v) is 3.66. The van der Waals surface area contributed by atoms with Gasteiger partial charge >= 0.3 is 0 Å². The van der Waals surface area contributed by atoms with E-state index in [1.54, 1.807) is 36.7 Å². The number of amides is 1. The highest BCUT2D eigenvalue weighted by Crippen LogP contribution is 2.19. The van der Waals surface area contributed by atoms with Crippen molar-refractivity contribution in [1.29, 1.82) is 0 Å². The Kier molecular flexibility index (Phi) is 3.94. The Bertz CT molecular complexity index is 525. The van der Waals surface area contributed by atoms with Crippen LogP contribution < -0.4 is 10.6 Å². The lowest BCUT2D eigenvalue weighted by molar-refractivity contribution is 0.0941. The van der Waals surface area contributed by atoms with Crippen LogP contribution in [0.5, 0.6) is 0 Å². The molecular formula is C13H15N3OS. The molecule has 4 nitrogen and oxygen atoms in total. The SMILES string of the molecule is CNc1ncccc1C(=O)NC(C)c1cccs1. The molecule has 2 aromatic rings. The number of hydrogen-bond acceptors (Lipinski definition) is 4. The van der Waals surface area contributed by atoms with Crippen LogP contribution in [0, 0.1) is 0 Å². The molecule has 0 aliphatic carbocycles. The van der Waals surface area contributed by atoms with E-state index in [1.807, 2.05) is 24.4 Å². The van der Waals surface area contributed by atoms with Gasteiger partial charge in [0.15, 0.2) is 0 Å². The zero-order valence-electron chi connectivity index (χ0n) is 10.3. The Morgan fingerprint density at radius 3 is 2.89 bits per heavy atom. The van der Waals surface area contributed by atoms with Gasteiger partial charge in [0.1, 0.15) is 5.82 Å². The highest BCUT2D eigenvalue weighted by atomic mass is 32.1. The quantitative estimate of drug-likeness (QED) is 0.889. The first kappa shape index (κ1) is 12.6. The molecule has 0 saturated carbocycles. The molecule has 5 heteroatoms. The number of carbonyl (C=O) groups is 1. The summed E-state index contributed by atoms with van der Waals surface area (Å²) >= 11 is 1.63. The molecule has 0 spiro atoms. The zero-order valence-corrected chi connectivity index (χ0v) is 11.1. The molecule has 0 radical (unpaired) electrons. The molecular weight excluding hydrogens is 246 g/mol. The highest BCUT2D eigenvalue weighted by Gasteiger charge is 2.15. The summed E-state index contributed by atoms with van der Waals surface area (Å²) in [5, 5.41) is 7.88. The molecule has 94 valence electrons. The van der Waals surface area contributed by atoms with Gasteiger partial charge in [0.05, 0.1) is 11.6 Å². The van der Waals surface area contributed by atoms with Gasteiger partial charge in [0.2, 0.25) is 0 Å². The van der Waals surface area contributed by atoms with Gasteiger partial charge in [0.25, 0.3) is 5.91 Å². The van der Waals surface area contributed by atoms with E-state index in [9.17, 15) is 4.79 Å². The largest absolute Gasteiger partial charge is 0.372 e. The zero-order chi connectivity index (χ0) is 13.0. The van der Waals surface area contributed by atoms with Gasteiger partial charge in [-0.25, -0.2) is 4.98 Å². The van der Waals surface area contributed by atoms with Gasteiger partial charge in [-0.3, -0.25) is 4.79 Å².